The lowest BCUT2D eigenvalue weighted by Gasteiger charge is -2.09. The summed E-state index contributed by atoms with van der Waals surface area (Å²) in [6.07, 6.45) is -0.369. The maximum Gasteiger partial charge on any atom is 0.329 e. The Kier molecular flexibility index (Phi) is 5.60. The zero-order valence-corrected chi connectivity index (χ0v) is 17.3. The van der Waals surface area contributed by atoms with E-state index in [0.717, 1.165) is 5.56 Å². The third-order valence-electron chi connectivity index (χ3n) is 4.66. The van der Waals surface area contributed by atoms with E-state index in [-0.39, 0.29) is 24.5 Å². The highest BCUT2D eigenvalue weighted by atomic mass is 31.2. The number of hydrogen-bond donors (Lipinski definition) is 5. The zero-order chi connectivity index (χ0) is 22.0. The van der Waals surface area contributed by atoms with Crippen molar-refractivity contribution in [1.82, 2.24) is 19.5 Å². The van der Waals surface area contributed by atoms with E-state index in [0.29, 0.717) is 28.8 Å². The van der Waals surface area contributed by atoms with Gasteiger partial charge in [0.1, 0.15) is 5.52 Å². The third kappa shape index (κ3) is 5.00. The number of anilines is 2. The summed E-state index contributed by atoms with van der Waals surface area (Å²) in [7, 11) is -4.19. The zero-order valence-electron chi connectivity index (χ0n) is 16.4. The van der Waals surface area contributed by atoms with E-state index < -0.39 is 13.3 Å². The van der Waals surface area contributed by atoms with Crippen molar-refractivity contribution in [3.8, 4) is 0 Å². The average molecular weight is 440 g/mol. The summed E-state index contributed by atoms with van der Waals surface area (Å²) in [6, 6.07) is 16.5. The SMILES string of the molecule is Nc1nc(NCc2ccccc2)nc2c1[nH]c(=O)n2Cc1cccc(CP(=O)(O)O)c1. The van der Waals surface area contributed by atoms with Crippen LogP contribution in [-0.4, -0.2) is 29.3 Å². The van der Waals surface area contributed by atoms with E-state index in [4.69, 9.17) is 5.73 Å². The number of aromatic amines is 1. The van der Waals surface area contributed by atoms with E-state index in [9.17, 15) is 19.1 Å². The maximum atomic E-state index is 12.5. The number of nitrogens with two attached hydrogens (primary N) is 1. The molecule has 0 saturated heterocycles. The fourth-order valence-corrected chi connectivity index (χ4v) is 3.97. The highest BCUT2D eigenvalue weighted by molar-refractivity contribution is 7.50. The highest BCUT2D eigenvalue weighted by Crippen LogP contribution is 2.39. The Balaban J connectivity index is 1.64. The smallest absolute Gasteiger partial charge is 0.329 e. The van der Waals surface area contributed by atoms with E-state index >= 15 is 0 Å². The minimum absolute atomic E-state index is 0.145. The Labute approximate surface area is 177 Å². The van der Waals surface area contributed by atoms with Crippen molar-refractivity contribution >= 4 is 30.5 Å². The van der Waals surface area contributed by atoms with Crippen LogP contribution in [0.25, 0.3) is 11.2 Å². The third-order valence-corrected chi connectivity index (χ3v) is 5.44. The molecule has 0 aliphatic carbocycles. The molecule has 2 heterocycles. The first-order chi connectivity index (χ1) is 14.8. The van der Waals surface area contributed by atoms with Gasteiger partial charge in [-0.05, 0) is 16.7 Å². The minimum atomic E-state index is -4.19. The van der Waals surface area contributed by atoms with Crippen molar-refractivity contribution < 1.29 is 14.4 Å². The molecule has 4 rings (SSSR count). The molecule has 4 aromatic rings. The molecule has 0 unspecified atom stereocenters. The number of nitrogens with one attached hydrogen (secondary N) is 2. The lowest BCUT2D eigenvalue weighted by Crippen LogP contribution is -2.18. The van der Waals surface area contributed by atoms with Gasteiger partial charge in [0.15, 0.2) is 11.5 Å². The van der Waals surface area contributed by atoms with Crippen molar-refractivity contribution in [1.29, 1.82) is 0 Å². The van der Waals surface area contributed by atoms with Crippen molar-refractivity contribution in [2.75, 3.05) is 11.1 Å². The molecule has 11 heteroatoms. The largest absolute Gasteiger partial charge is 0.382 e. The van der Waals surface area contributed by atoms with Gasteiger partial charge in [0.2, 0.25) is 5.95 Å². The number of imidazole rings is 1. The number of benzene rings is 2. The minimum Gasteiger partial charge on any atom is -0.382 e. The lowest BCUT2D eigenvalue weighted by atomic mass is 10.1. The van der Waals surface area contributed by atoms with Gasteiger partial charge in [-0.2, -0.15) is 9.97 Å². The van der Waals surface area contributed by atoms with Gasteiger partial charge in [0.25, 0.3) is 0 Å². The van der Waals surface area contributed by atoms with Crippen LogP contribution >= 0.6 is 7.60 Å². The number of rotatable bonds is 7. The van der Waals surface area contributed by atoms with E-state index in [1.807, 2.05) is 30.3 Å². The van der Waals surface area contributed by atoms with Crippen LogP contribution in [0.15, 0.2) is 59.4 Å². The van der Waals surface area contributed by atoms with Gasteiger partial charge in [-0.3, -0.25) is 9.13 Å². The van der Waals surface area contributed by atoms with Gasteiger partial charge >= 0.3 is 13.3 Å². The topological polar surface area (TPSA) is 159 Å². The fraction of sp³-hybridized carbons (Fsp3) is 0.150. The quantitative estimate of drug-likeness (QED) is 0.273. The molecule has 0 fully saturated rings. The molecule has 0 aliphatic rings. The van der Waals surface area contributed by atoms with Crippen molar-refractivity contribution in [2.24, 2.45) is 0 Å². The molecule has 0 bridgehead atoms. The fourth-order valence-electron chi connectivity index (χ4n) is 3.30. The second kappa shape index (κ2) is 8.35. The van der Waals surface area contributed by atoms with Crippen molar-refractivity contribution in [3.05, 3.63) is 81.8 Å². The number of H-pyrrole nitrogens is 1. The predicted molar refractivity (Wildman–Crippen MR) is 118 cm³/mol. The Morgan fingerprint density at radius 2 is 1.74 bits per heavy atom. The number of nitrogen functional groups attached to an aromatic ring is 1. The molecule has 2 aromatic heterocycles. The first-order valence-electron chi connectivity index (χ1n) is 9.45. The van der Waals surface area contributed by atoms with Crippen LogP contribution in [0, 0.1) is 0 Å². The Morgan fingerprint density at radius 1 is 1.03 bits per heavy atom. The summed E-state index contributed by atoms with van der Waals surface area (Å²) in [5, 5.41) is 3.11. The van der Waals surface area contributed by atoms with Crippen LogP contribution < -0.4 is 16.7 Å². The van der Waals surface area contributed by atoms with Gasteiger partial charge in [0.05, 0.1) is 12.7 Å². The molecular weight excluding hydrogens is 419 g/mol. The number of fused-ring (bicyclic) bond motifs is 1. The number of hydrogen-bond acceptors (Lipinski definition) is 6. The summed E-state index contributed by atoms with van der Waals surface area (Å²) in [6.45, 7) is 0.646. The van der Waals surface area contributed by atoms with Crippen LogP contribution in [0.1, 0.15) is 16.7 Å². The molecule has 2 aromatic carbocycles. The lowest BCUT2D eigenvalue weighted by molar-refractivity contribution is 0.371. The molecule has 0 spiro atoms. The molecular formula is C20H21N6O4P. The monoisotopic (exact) mass is 440 g/mol. The molecule has 0 aliphatic heterocycles. The highest BCUT2D eigenvalue weighted by Gasteiger charge is 2.16. The molecule has 10 nitrogen and oxygen atoms in total. The molecule has 0 radical (unpaired) electrons. The number of aromatic nitrogens is 4. The number of nitrogens with zero attached hydrogens (tertiary/aromatic N) is 3. The Morgan fingerprint density at radius 3 is 2.48 bits per heavy atom. The summed E-state index contributed by atoms with van der Waals surface area (Å²) < 4.78 is 12.7. The van der Waals surface area contributed by atoms with E-state index in [2.05, 4.69) is 20.3 Å². The van der Waals surface area contributed by atoms with Crippen molar-refractivity contribution in [3.63, 3.8) is 0 Å². The van der Waals surface area contributed by atoms with Crippen LogP contribution in [0.2, 0.25) is 0 Å². The van der Waals surface area contributed by atoms with E-state index in [1.165, 1.54) is 4.57 Å². The van der Waals surface area contributed by atoms with Crippen molar-refractivity contribution in [2.45, 2.75) is 19.3 Å². The molecule has 160 valence electrons. The summed E-state index contributed by atoms with van der Waals surface area (Å²) >= 11 is 0. The van der Waals surface area contributed by atoms with E-state index in [1.54, 1.807) is 24.3 Å². The molecule has 31 heavy (non-hydrogen) atoms. The Hall–Kier alpha value is -3.46. The average Bonchev–Trinajstić information content (AvgIpc) is 3.02. The maximum absolute atomic E-state index is 12.5. The summed E-state index contributed by atoms with van der Waals surface area (Å²) in [4.78, 5) is 42.3. The summed E-state index contributed by atoms with van der Waals surface area (Å²) in [5.41, 5.74) is 8.53. The van der Waals surface area contributed by atoms with Gasteiger partial charge in [-0.15, -0.1) is 0 Å². The first-order valence-corrected chi connectivity index (χ1v) is 11.2. The Bertz CT molecular complexity index is 1330. The first kappa shape index (κ1) is 20.8. The molecule has 6 N–H and O–H groups in total. The second-order valence-electron chi connectivity index (χ2n) is 7.13. The standard InChI is InChI=1S/C20H21N6O4P/c21-17-16-18(25-19(24-17)22-10-13-5-2-1-3-6-13)26(20(27)23-16)11-14-7-4-8-15(9-14)12-31(28,29)30/h1-9H,10-12H2,(H,23,27)(H2,28,29,30)(H3,21,22,24,25). The van der Waals surface area contributed by atoms with Crippen LogP contribution in [0.4, 0.5) is 11.8 Å². The van der Waals surface area contributed by atoms with Gasteiger partial charge in [-0.25, -0.2) is 4.79 Å². The predicted octanol–water partition coefficient (Wildman–Crippen LogP) is 2.04. The van der Waals surface area contributed by atoms with Gasteiger partial charge in [-0.1, -0.05) is 54.6 Å². The normalized spacial score (nSPS) is 11.7. The van der Waals surface area contributed by atoms with Crippen LogP contribution in [0.3, 0.4) is 0 Å². The summed E-state index contributed by atoms with van der Waals surface area (Å²) in [5.74, 6) is 0.434. The second-order valence-corrected chi connectivity index (χ2v) is 8.77. The van der Waals surface area contributed by atoms with Gasteiger partial charge < -0.3 is 25.8 Å². The molecule has 0 atom stereocenters. The molecule has 0 saturated carbocycles. The van der Waals surface area contributed by atoms with Gasteiger partial charge in [0, 0.05) is 6.54 Å². The molecule has 0 amide bonds. The van der Waals surface area contributed by atoms with Crippen LogP contribution in [0.5, 0.6) is 0 Å². The van der Waals surface area contributed by atoms with Crippen LogP contribution in [-0.2, 0) is 23.8 Å².